The normalized spacial score (nSPS) is 15.4. The van der Waals surface area contributed by atoms with Crippen LogP contribution in [0.2, 0.25) is 0 Å². The van der Waals surface area contributed by atoms with Crippen molar-refractivity contribution in [2.24, 2.45) is 5.92 Å². The smallest absolute Gasteiger partial charge is 0.220 e. The topological polar surface area (TPSA) is 54.5 Å². The summed E-state index contributed by atoms with van der Waals surface area (Å²) in [5.41, 5.74) is 2.29. The van der Waals surface area contributed by atoms with Crippen molar-refractivity contribution in [3.63, 3.8) is 0 Å². The van der Waals surface area contributed by atoms with Crippen LogP contribution in [0.15, 0.2) is 48.7 Å². The molecule has 0 radical (unpaired) electrons. The van der Waals surface area contributed by atoms with Gasteiger partial charge in [0.1, 0.15) is 5.75 Å². The Morgan fingerprint density at radius 2 is 1.96 bits per heavy atom. The maximum absolute atomic E-state index is 12.1. The van der Waals surface area contributed by atoms with Crippen molar-refractivity contribution in [3.8, 4) is 5.75 Å². The second-order valence-corrected chi connectivity index (χ2v) is 7.19. The van der Waals surface area contributed by atoms with Gasteiger partial charge >= 0.3 is 0 Å². The third kappa shape index (κ3) is 6.36. The van der Waals surface area contributed by atoms with Crippen molar-refractivity contribution in [1.29, 1.82) is 0 Å². The SMILES string of the molecule is COc1ccc(CCC(=O)NCC2CCN(Cc3ccccn3)CC2)cc1. The molecule has 5 heteroatoms. The Morgan fingerprint density at radius 3 is 2.63 bits per heavy atom. The van der Waals surface area contributed by atoms with Crippen LogP contribution in [-0.2, 0) is 17.8 Å². The summed E-state index contributed by atoms with van der Waals surface area (Å²) in [7, 11) is 1.66. The van der Waals surface area contributed by atoms with Crippen molar-refractivity contribution < 1.29 is 9.53 Å². The van der Waals surface area contributed by atoms with E-state index in [1.165, 1.54) is 0 Å². The van der Waals surface area contributed by atoms with E-state index in [1.54, 1.807) is 7.11 Å². The molecule has 1 fully saturated rings. The zero-order valence-corrected chi connectivity index (χ0v) is 16.1. The van der Waals surface area contributed by atoms with Crippen LogP contribution in [-0.4, -0.2) is 42.5 Å². The lowest BCUT2D eigenvalue weighted by atomic mass is 9.96. The minimum absolute atomic E-state index is 0.140. The Morgan fingerprint density at radius 1 is 1.19 bits per heavy atom. The van der Waals surface area contributed by atoms with Gasteiger partial charge in [0, 0.05) is 25.7 Å². The molecule has 2 aromatic rings. The summed E-state index contributed by atoms with van der Waals surface area (Å²) >= 11 is 0. The number of carbonyl (C=O) groups is 1. The number of amides is 1. The van der Waals surface area contributed by atoms with E-state index in [0.717, 1.165) is 62.4 Å². The second-order valence-electron chi connectivity index (χ2n) is 7.19. The molecule has 0 saturated carbocycles. The number of methoxy groups -OCH3 is 1. The van der Waals surface area contributed by atoms with Gasteiger partial charge in [-0.1, -0.05) is 18.2 Å². The molecule has 1 aromatic carbocycles. The lowest BCUT2D eigenvalue weighted by molar-refractivity contribution is -0.121. The van der Waals surface area contributed by atoms with Gasteiger partial charge in [-0.25, -0.2) is 0 Å². The number of nitrogens with zero attached hydrogens (tertiary/aromatic N) is 2. The Labute approximate surface area is 161 Å². The zero-order chi connectivity index (χ0) is 18.9. The van der Waals surface area contributed by atoms with Gasteiger partial charge in [0.25, 0.3) is 0 Å². The number of benzene rings is 1. The molecule has 1 aliphatic heterocycles. The molecular formula is C22H29N3O2. The second kappa shape index (κ2) is 10.1. The fraction of sp³-hybridized carbons (Fsp3) is 0.455. The lowest BCUT2D eigenvalue weighted by Gasteiger charge is -2.31. The molecular weight excluding hydrogens is 338 g/mol. The molecule has 144 valence electrons. The number of carbonyl (C=O) groups excluding carboxylic acids is 1. The zero-order valence-electron chi connectivity index (χ0n) is 16.1. The number of likely N-dealkylation sites (tertiary alicyclic amines) is 1. The molecule has 0 bridgehead atoms. The molecule has 3 rings (SSSR count). The summed E-state index contributed by atoms with van der Waals surface area (Å²) in [5.74, 6) is 1.56. The molecule has 0 spiro atoms. The number of nitrogens with one attached hydrogen (secondary N) is 1. The Bertz CT molecular complexity index is 695. The summed E-state index contributed by atoms with van der Waals surface area (Å²) in [6.07, 6.45) is 5.41. The first kappa shape index (κ1) is 19.4. The monoisotopic (exact) mass is 367 g/mol. The number of aromatic nitrogens is 1. The molecule has 0 aliphatic carbocycles. The Hall–Kier alpha value is -2.40. The maximum atomic E-state index is 12.1. The van der Waals surface area contributed by atoms with Crippen LogP contribution in [0.5, 0.6) is 5.75 Å². The van der Waals surface area contributed by atoms with Crippen LogP contribution in [0.3, 0.4) is 0 Å². The average Bonchev–Trinajstić information content (AvgIpc) is 2.73. The van der Waals surface area contributed by atoms with Crippen molar-refractivity contribution in [2.75, 3.05) is 26.7 Å². The molecule has 5 nitrogen and oxygen atoms in total. The lowest BCUT2D eigenvalue weighted by Crippen LogP contribution is -2.38. The molecule has 0 unspecified atom stereocenters. The van der Waals surface area contributed by atoms with Gasteiger partial charge in [-0.15, -0.1) is 0 Å². The Kier molecular flexibility index (Phi) is 7.22. The molecule has 1 aromatic heterocycles. The first-order valence-corrected chi connectivity index (χ1v) is 9.75. The molecule has 1 aliphatic rings. The van der Waals surface area contributed by atoms with Crippen molar-refractivity contribution >= 4 is 5.91 Å². The number of aryl methyl sites for hydroxylation is 1. The highest BCUT2D eigenvalue weighted by Gasteiger charge is 2.20. The summed E-state index contributed by atoms with van der Waals surface area (Å²) in [6.45, 7) is 3.85. The Balaban J connectivity index is 1.31. The van der Waals surface area contributed by atoms with Crippen molar-refractivity contribution in [3.05, 3.63) is 59.9 Å². The van der Waals surface area contributed by atoms with Gasteiger partial charge < -0.3 is 10.1 Å². The van der Waals surface area contributed by atoms with E-state index in [2.05, 4.69) is 21.3 Å². The van der Waals surface area contributed by atoms with Gasteiger partial charge in [0.15, 0.2) is 0 Å². The highest BCUT2D eigenvalue weighted by molar-refractivity contribution is 5.76. The molecule has 27 heavy (non-hydrogen) atoms. The van der Waals surface area contributed by atoms with Crippen LogP contribution in [0, 0.1) is 5.92 Å². The minimum Gasteiger partial charge on any atom is -0.497 e. The van der Waals surface area contributed by atoms with Crippen LogP contribution < -0.4 is 10.1 Å². The number of piperidine rings is 1. The quantitative estimate of drug-likeness (QED) is 0.779. The van der Waals surface area contributed by atoms with E-state index >= 15 is 0 Å². The largest absolute Gasteiger partial charge is 0.497 e. The fourth-order valence-corrected chi connectivity index (χ4v) is 3.47. The molecule has 1 amide bonds. The van der Waals surface area contributed by atoms with Gasteiger partial charge in [-0.2, -0.15) is 0 Å². The number of hydrogen-bond donors (Lipinski definition) is 1. The van der Waals surface area contributed by atoms with E-state index in [-0.39, 0.29) is 5.91 Å². The summed E-state index contributed by atoms with van der Waals surface area (Å²) in [6, 6.07) is 14.0. The minimum atomic E-state index is 0.140. The third-order valence-electron chi connectivity index (χ3n) is 5.21. The van der Waals surface area contributed by atoms with Crippen molar-refractivity contribution in [2.45, 2.75) is 32.2 Å². The molecule has 1 N–H and O–H groups in total. The molecule has 0 atom stereocenters. The maximum Gasteiger partial charge on any atom is 0.220 e. The van der Waals surface area contributed by atoms with Gasteiger partial charge in [0.05, 0.1) is 12.8 Å². The molecule has 2 heterocycles. The highest BCUT2D eigenvalue weighted by atomic mass is 16.5. The highest BCUT2D eigenvalue weighted by Crippen LogP contribution is 2.18. The van der Waals surface area contributed by atoms with Crippen LogP contribution >= 0.6 is 0 Å². The number of hydrogen-bond acceptors (Lipinski definition) is 4. The fourth-order valence-electron chi connectivity index (χ4n) is 3.47. The van der Waals surface area contributed by atoms with Crippen LogP contribution in [0.1, 0.15) is 30.5 Å². The van der Waals surface area contributed by atoms with E-state index < -0.39 is 0 Å². The third-order valence-corrected chi connectivity index (χ3v) is 5.21. The van der Waals surface area contributed by atoms with E-state index in [1.807, 2.05) is 42.6 Å². The van der Waals surface area contributed by atoms with Gasteiger partial charge in [0.2, 0.25) is 5.91 Å². The number of rotatable bonds is 8. The first-order chi connectivity index (χ1) is 13.2. The standard InChI is InChI=1S/C22H29N3O2/c1-27-21-8-5-18(6-9-21)7-10-22(26)24-16-19-11-14-25(15-12-19)17-20-4-2-3-13-23-20/h2-6,8-9,13,19H,7,10-12,14-17H2,1H3,(H,24,26). The van der Waals surface area contributed by atoms with Crippen LogP contribution in [0.4, 0.5) is 0 Å². The van der Waals surface area contributed by atoms with Crippen molar-refractivity contribution in [1.82, 2.24) is 15.2 Å². The van der Waals surface area contributed by atoms with E-state index in [9.17, 15) is 4.79 Å². The average molecular weight is 367 g/mol. The van der Waals surface area contributed by atoms with E-state index in [4.69, 9.17) is 4.74 Å². The van der Waals surface area contributed by atoms with Gasteiger partial charge in [-0.3, -0.25) is 14.7 Å². The predicted molar refractivity (Wildman–Crippen MR) is 107 cm³/mol. The summed E-state index contributed by atoms with van der Waals surface area (Å²) in [4.78, 5) is 19.0. The summed E-state index contributed by atoms with van der Waals surface area (Å²) in [5, 5.41) is 3.12. The van der Waals surface area contributed by atoms with Crippen LogP contribution in [0.25, 0.3) is 0 Å². The number of ether oxygens (including phenoxy) is 1. The van der Waals surface area contributed by atoms with E-state index in [0.29, 0.717) is 12.3 Å². The predicted octanol–water partition coefficient (Wildman–Crippen LogP) is 3.05. The van der Waals surface area contributed by atoms with Gasteiger partial charge in [-0.05, 0) is 68.1 Å². The molecule has 1 saturated heterocycles. The number of pyridine rings is 1. The first-order valence-electron chi connectivity index (χ1n) is 9.75. The summed E-state index contributed by atoms with van der Waals surface area (Å²) < 4.78 is 5.16.